The summed E-state index contributed by atoms with van der Waals surface area (Å²) in [4.78, 5) is 20.0. The SMILES string of the molecule is COc1ccc(-c2cnc3n2C[C@@]2(CCN(C(=O)c4cccs4)C2)OC3)cc1. The van der Waals surface area contributed by atoms with Crippen molar-refractivity contribution in [3.05, 3.63) is 58.7 Å². The number of imidazole rings is 1. The number of hydrogen-bond donors (Lipinski definition) is 0. The van der Waals surface area contributed by atoms with Crippen molar-refractivity contribution in [2.75, 3.05) is 20.2 Å². The summed E-state index contributed by atoms with van der Waals surface area (Å²) in [6, 6.07) is 11.8. The minimum absolute atomic E-state index is 0.0993. The van der Waals surface area contributed by atoms with E-state index in [1.807, 2.05) is 52.9 Å². The van der Waals surface area contributed by atoms with E-state index < -0.39 is 0 Å². The van der Waals surface area contributed by atoms with Crippen LogP contribution >= 0.6 is 11.3 Å². The number of carbonyl (C=O) groups is 1. The molecule has 0 saturated carbocycles. The molecule has 6 nitrogen and oxygen atoms in total. The van der Waals surface area contributed by atoms with Gasteiger partial charge in [0.05, 0.1) is 37.0 Å². The molecule has 2 aliphatic rings. The topological polar surface area (TPSA) is 56.6 Å². The van der Waals surface area contributed by atoms with Crippen molar-refractivity contribution in [2.24, 2.45) is 0 Å². The maximum atomic E-state index is 12.7. The van der Waals surface area contributed by atoms with Gasteiger partial charge < -0.3 is 18.9 Å². The zero-order valence-electron chi connectivity index (χ0n) is 15.6. The molecule has 4 heterocycles. The molecule has 1 amide bonds. The fraction of sp³-hybridized carbons (Fsp3) is 0.333. The van der Waals surface area contributed by atoms with Crippen molar-refractivity contribution in [2.45, 2.75) is 25.2 Å². The zero-order chi connectivity index (χ0) is 19.1. The predicted molar refractivity (Wildman–Crippen MR) is 107 cm³/mol. The summed E-state index contributed by atoms with van der Waals surface area (Å²) >= 11 is 1.49. The molecule has 28 heavy (non-hydrogen) atoms. The molecular formula is C21H21N3O3S. The normalized spacial score (nSPS) is 21.1. The summed E-state index contributed by atoms with van der Waals surface area (Å²) in [5.74, 6) is 1.86. The zero-order valence-corrected chi connectivity index (χ0v) is 16.4. The van der Waals surface area contributed by atoms with Crippen molar-refractivity contribution in [1.82, 2.24) is 14.5 Å². The molecule has 2 aliphatic heterocycles. The molecule has 1 aromatic carbocycles. The first-order valence-electron chi connectivity index (χ1n) is 9.33. The van der Waals surface area contributed by atoms with Crippen LogP contribution in [0.1, 0.15) is 21.9 Å². The predicted octanol–water partition coefficient (Wildman–Crippen LogP) is 3.44. The van der Waals surface area contributed by atoms with Gasteiger partial charge in [0.2, 0.25) is 0 Å². The number of likely N-dealkylation sites (tertiary alicyclic amines) is 1. The first-order valence-corrected chi connectivity index (χ1v) is 10.2. The number of methoxy groups -OCH3 is 1. The van der Waals surface area contributed by atoms with Gasteiger partial charge in [0, 0.05) is 12.1 Å². The van der Waals surface area contributed by atoms with E-state index in [1.165, 1.54) is 11.3 Å². The molecule has 0 aliphatic carbocycles. The number of fused-ring (bicyclic) bond motifs is 1. The Bertz CT molecular complexity index is 997. The van der Waals surface area contributed by atoms with Gasteiger partial charge in [-0.3, -0.25) is 4.79 Å². The van der Waals surface area contributed by atoms with E-state index in [-0.39, 0.29) is 11.5 Å². The average molecular weight is 395 g/mol. The third-order valence-corrected chi connectivity index (χ3v) is 6.47. The van der Waals surface area contributed by atoms with Crippen LogP contribution in [0.2, 0.25) is 0 Å². The largest absolute Gasteiger partial charge is 0.497 e. The Kier molecular flexibility index (Phi) is 4.21. The second kappa shape index (κ2) is 6.76. The van der Waals surface area contributed by atoms with Crippen molar-refractivity contribution in [3.63, 3.8) is 0 Å². The Labute approximate surface area is 167 Å². The summed E-state index contributed by atoms with van der Waals surface area (Å²) in [5, 5.41) is 1.94. The number of benzene rings is 1. The molecule has 7 heteroatoms. The van der Waals surface area contributed by atoms with Gasteiger partial charge in [-0.05, 0) is 42.1 Å². The van der Waals surface area contributed by atoms with Crippen LogP contribution in [-0.4, -0.2) is 46.2 Å². The smallest absolute Gasteiger partial charge is 0.264 e. The van der Waals surface area contributed by atoms with E-state index in [2.05, 4.69) is 9.55 Å². The van der Waals surface area contributed by atoms with Gasteiger partial charge in [0.15, 0.2) is 0 Å². The van der Waals surface area contributed by atoms with Crippen molar-refractivity contribution in [3.8, 4) is 17.0 Å². The van der Waals surface area contributed by atoms with E-state index in [0.29, 0.717) is 19.7 Å². The van der Waals surface area contributed by atoms with Crippen LogP contribution in [-0.2, 0) is 17.9 Å². The van der Waals surface area contributed by atoms with Crippen molar-refractivity contribution in [1.29, 1.82) is 0 Å². The summed E-state index contributed by atoms with van der Waals surface area (Å²) < 4.78 is 13.7. The molecule has 0 unspecified atom stereocenters. The van der Waals surface area contributed by atoms with Crippen LogP contribution in [0.15, 0.2) is 48.0 Å². The highest BCUT2D eigenvalue weighted by Crippen LogP contribution is 2.36. The van der Waals surface area contributed by atoms with E-state index in [1.54, 1.807) is 7.11 Å². The third-order valence-electron chi connectivity index (χ3n) is 5.61. The Hall–Kier alpha value is -2.64. The van der Waals surface area contributed by atoms with Crippen LogP contribution in [0, 0.1) is 0 Å². The van der Waals surface area contributed by atoms with E-state index in [0.717, 1.165) is 40.7 Å². The Morgan fingerprint density at radius 2 is 2.11 bits per heavy atom. The van der Waals surface area contributed by atoms with Crippen LogP contribution in [0.3, 0.4) is 0 Å². The molecule has 1 spiro atoms. The summed E-state index contributed by atoms with van der Waals surface area (Å²) in [5.41, 5.74) is 1.83. The first-order chi connectivity index (χ1) is 13.7. The molecule has 0 bridgehead atoms. The molecule has 1 saturated heterocycles. The molecule has 1 atom stereocenters. The highest BCUT2D eigenvalue weighted by Gasteiger charge is 2.44. The number of thiophene rings is 1. The highest BCUT2D eigenvalue weighted by atomic mass is 32.1. The van der Waals surface area contributed by atoms with E-state index >= 15 is 0 Å². The molecule has 3 aromatic rings. The minimum atomic E-state index is -0.345. The van der Waals surface area contributed by atoms with E-state index in [9.17, 15) is 4.79 Å². The number of nitrogens with zero attached hydrogens (tertiary/aromatic N) is 3. The Balaban J connectivity index is 1.39. The Morgan fingerprint density at radius 1 is 1.25 bits per heavy atom. The van der Waals surface area contributed by atoms with Crippen LogP contribution in [0.4, 0.5) is 0 Å². The lowest BCUT2D eigenvalue weighted by atomic mass is 10.0. The quantitative estimate of drug-likeness (QED) is 0.682. The first kappa shape index (κ1) is 17.5. The Morgan fingerprint density at radius 3 is 2.86 bits per heavy atom. The molecule has 1 fully saturated rings. The van der Waals surface area contributed by atoms with Gasteiger partial charge in [-0.1, -0.05) is 6.07 Å². The fourth-order valence-electron chi connectivity index (χ4n) is 4.07. The van der Waals surface area contributed by atoms with Gasteiger partial charge in [0.1, 0.15) is 23.8 Å². The molecule has 144 valence electrons. The highest BCUT2D eigenvalue weighted by molar-refractivity contribution is 7.12. The molecule has 2 aromatic heterocycles. The van der Waals surface area contributed by atoms with Gasteiger partial charge in [0.25, 0.3) is 5.91 Å². The molecule has 5 rings (SSSR count). The number of hydrogen-bond acceptors (Lipinski definition) is 5. The maximum Gasteiger partial charge on any atom is 0.264 e. The number of ether oxygens (including phenoxy) is 2. The lowest BCUT2D eigenvalue weighted by molar-refractivity contribution is -0.0804. The average Bonchev–Trinajstić information content (AvgIpc) is 3.48. The summed E-state index contributed by atoms with van der Waals surface area (Å²) in [7, 11) is 1.67. The molecular weight excluding hydrogens is 374 g/mol. The number of aromatic nitrogens is 2. The minimum Gasteiger partial charge on any atom is -0.497 e. The van der Waals surface area contributed by atoms with Crippen LogP contribution < -0.4 is 4.74 Å². The second-order valence-corrected chi connectivity index (χ2v) is 8.25. The van der Waals surface area contributed by atoms with Gasteiger partial charge in [-0.25, -0.2) is 4.98 Å². The second-order valence-electron chi connectivity index (χ2n) is 7.30. The number of amides is 1. The number of rotatable bonds is 3. The molecule has 0 N–H and O–H groups in total. The maximum absolute atomic E-state index is 12.7. The van der Waals surface area contributed by atoms with Crippen molar-refractivity contribution < 1.29 is 14.3 Å². The van der Waals surface area contributed by atoms with Gasteiger partial charge >= 0.3 is 0 Å². The summed E-state index contributed by atoms with van der Waals surface area (Å²) in [6.07, 6.45) is 2.74. The van der Waals surface area contributed by atoms with Gasteiger partial charge in [-0.2, -0.15) is 0 Å². The van der Waals surface area contributed by atoms with Crippen LogP contribution in [0.25, 0.3) is 11.3 Å². The fourth-order valence-corrected chi connectivity index (χ4v) is 4.76. The van der Waals surface area contributed by atoms with E-state index in [4.69, 9.17) is 9.47 Å². The third kappa shape index (κ3) is 2.91. The number of carbonyl (C=O) groups excluding carboxylic acids is 1. The van der Waals surface area contributed by atoms with Crippen LogP contribution in [0.5, 0.6) is 5.75 Å². The monoisotopic (exact) mass is 395 g/mol. The van der Waals surface area contributed by atoms with Gasteiger partial charge in [-0.15, -0.1) is 11.3 Å². The lowest BCUT2D eigenvalue weighted by Crippen LogP contribution is -2.45. The van der Waals surface area contributed by atoms with Crippen molar-refractivity contribution >= 4 is 17.2 Å². The summed E-state index contributed by atoms with van der Waals surface area (Å²) in [6.45, 7) is 2.51. The standard InChI is InChI=1S/C21H21N3O3S/c1-26-16-6-4-15(5-7-16)17-11-22-19-12-27-21(14-24(17)19)8-9-23(13-21)20(25)18-3-2-10-28-18/h2-7,10-11H,8-9,12-14H2,1H3/t21-/m0/s1. The lowest BCUT2D eigenvalue weighted by Gasteiger charge is -2.35. The molecule has 0 radical (unpaired) electrons.